The van der Waals surface area contributed by atoms with Gasteiger partial charge in [0.2, 0.25) is 0 Å². The van der Waals surface area contributed by atoms with Crippen molar-refractivity contribution >= 4 is 23.2 Å². The van der Waals surface area contributed by atoms with Crippen LogP contribution in [0.15, 0.2) is 18.2 Å². The van der Waals surface area contributed by atoms with Gasteiger partial charge in [-0.25, -0.2) is 0 Å². The molecule has 21 heavy (non-hydrogen) atoms. The predicted octanol–water partition coefficient (Wildman–Crippen LogP) is 4.99. The van der Waals surface area contributed by atoms with Crippen LogP contribution in [0.25, 0.3) is 0 Å². The van der Waals surface area contributed by atoms with E-state index in [-0.39, 0.29) is 11.6 Å². The molecule has 1 fully saturated rings. The summed E-state index contributed by atoms with van der Waals surface area (Å²) in [6.07, 6.45) is 7.73. The zero-order valence-electron chi connectivity index (χ0n) is 12.7. The van der Waals surface area contributed by atoms with Crippen molar-refractivity contribution in [1.82, 2.24) is 0 Å². The fraction of sp³-hybridized carbons (Fsp3) is 0.647. The van der Waals surface area contributed by atoms with E-state index in [4.69, 9.17) is 33.7 Å². The van der Waals surface area contributed by atoms with E-state index in [9.17, 15) is 0 Å². The van der Waals surface area contributed by atoms with Crippen molar-refractivity contribution in [3.8, 4) is 0 Å². The maximum absolute atomic E-state index is 6.56. The third kappa shape index (κ3) is 4.13. The molecule has 0 heterocycles. The van der Waals surface area contributed by atoms with Gasteiger partial charge in [0.25, 0.3) is 0 Å². The van der Waals surface area contributed by atoms with Crippen molar-refractivity contribution in [2.75, 3.05) is 6.61 Å². The molecule has 0 radical (unpaired) electrons. The summed E-state index contributed by atoms with van der Waals surface area (Å²) in [7, 11) is 0. The van der Waals surface area contributed by atoms with E-state index in [1.165, 1.54) is 25.7 Å². The Morgan fingerprint density at radius 1 is 1.19 bits per heavy atom. The lowest BCUT2D eigenvalue weighted by atomic mass is 9.83. The van der Waals surface area contributed by atoms with Gasteiger partial charge < -0.3 is 10.5 Å². The van der Waals surface area contributed by atoms with Gasteiger partial charge in [-0.1, -0.05) is 61.0 Å². The zero-order chi connectivity index (χ0) is 15.3. The molecule has 0 bridgehead atoms. The average molecular weight is 330 g/mol. The van der Waals surface area contributed by atoms with Crippen LogP contribution in [-0.4, -0.2) is 18.2 Å². The first-order chi connectivity index (χ1) is 10.1. The van der Waals surface area contributed by atoms with E-state index in [1.54, 1.807) is 0 Å². The van der Waals surface area contributed by atoms with E-state index in [2.05, 4.69) is 0 Å². The molecule has 0 aromatic heterocycles. The van der Waals surface area contributed by atoms with Crippen LogP contribution >= 0.6 is 23.2 Å². The third-order valence-electron chi connectivity index (χ3n) is 4.53. The minimum absolute atomic E-state index is 0.0495. The first-order valence-corrected chi connectivity index (χ1v) is 8.67. The summed E-state index contributed by atoms with van der Waals surface area (Å²) < 4.78 is 6.15. The van der Waals surface area contributed by atoms with Crippen molar-refractivity contribution in [1.29, 1.82) is 0 Å². The molecule has 2 nitrogen and oxygen atoms in total. The molecule has 1 aromatic rings. The molecule has 1 aromatic carbocycles. The van der Waals surface area contributed by atoms with Gasteiger partial charge in [-0.15, -0.1) is 0 Å². The van der Waals surface area contributed by atoms with Gasteiger partial charge in [0.1, 0.15) is 0 Å². The van der Waals surface area contributed by atoms with Gasteiger partial charge in [-0.2, -0.15) is 0 Å². The number of ether oxygens (including phenoxy) is 1. The van der Waals surface area contributed by atoms with Crippen LogP contribution in [0, 0.1) is 0 Å². The van der Waals surface area contributed by atoms with Crippen molar-refractivity contribution in [2.24, 2.45) is 5.73 Å². The zero-order valence-corrected chi connectivity index (χ0v) is 14.2. The highest BCUT2D eigenvalue weighted by atomic mass is 35.5. The van der Waals surface area contributed by atoms with Gasteiger partial charge >= 0.3 is 0 Å². The van der Waals surface area contributed by atoms with Crippen molar-refractivity contribution in [3.05, 3.63) is 33.8 Å². The minimum atomic E-state index is -0.211. The number of hydrogen-bond donors (Lipinski definition) is 1. The normalized spacial score (nSPS) is 20.0. The van der Waals surface area contributed by atoms with Crippen LogP contribution in [0.4, 0.5) is 0 Å². The molecular weight excluding hydrogens is 305 g/mol. The number of hydrogen-bond acceptors (Lipinski definition) is 2. The predicted molar refractivity (Wildman–Crippen MR) is 90.2 cm³/mol. The number of nitrogens with two attached hydrogens (primary N) is 1. The second-order valence-electron chi connectivity index (χ2n) is 5.94. The molecule has 2 N–H and O–H groups in total. The monoisotopic (exact) mass is 329 g/mol. The standard InChI is InChI=1S/C17H25Cl2NO/c1-2-21-17(10-5-3-4-6-11-17)15(20)12-13-8-7-9-14(18)16(13)19/h7-9,15H,2-6,10-12,20H2,1H3. The van der Waals surface area contributed by atoms with Crippen LogP contribution in [0.3, 0.4) is 0 Å². The molecule has 0 saturated heterocycles. The minimum Gasteiger partial charge on any atom is -0.374 e. The highest BCUT2D eigenvalue weighted by Crippen LogP contribution is 2.35. The molecule has 0 amide bonds. The lowest BCUT2D eigenvalue weighted by molar-refractivity contribution is -0.0683. The smallest absolute Gasteiger partial charge is 0.0835 e. The summed E-state index contributed by atoms with van der Waals surface area (Å²) in [6.45, 7) is 2.75. The summed E-state index contributed by atoms with van der Waals surface area (Å²) in [5.74, 6) is 0. The number of rotatable bonds is 5. The largest absolute Gasteiger partial charge is 0.374 e. The molecule has 0 spiro atoms. The van der Waals surface area contributed by atoms with Gasteiger partial charge in [0.15, 0.2) is 0 Å². The molecular formula is C17H25Cl2NO. The van der Waals surface area contributed by atoms with Crippen molar-refractivity contribution in [3.63, 3.8) is 0 Å². The Hall–Kier alpha value is -0.280. The fourth-order valence-electron chi connectivity index (χ4n) is 3.37. The molecule has 0 aliphatic heterocycles. The van der Waals surface area contributed by atoms with Crippen LogP contribution in [0.5, 0.6) is 0 Å². The maximum Gasteiger partial charge on any atom is 0.0835 e. The van der Waals surface area contributed by atoms with Crippen molar-refractivity contribution < 1.29 is 4.74 Å². The van der Waals surface area contributed by atoms with E-state index >= 15 is 0 Å². The molecule has 1 unspecified atom stereocenters. The lowest BCUT2D eigenvalue weighted by Gasteiger charge is -2.38. The Labute approximate surface area is 137 Å². The molecule has 1 saturated carbocycles. The first kappa shape index (κ1) is 17.1. The summed E-state index contributed by atoms with van der Waals surface area (Å²) in [5, 5.41) is 1.21. The Bertz CT molecular complexity index is 456. The number of benzene rings is 1. The summed E-state index contributed by atoms with van der Waals surface area (Å²) in [4.78, 5) is 0. The molecule has 1 aliphatic carbocycles. The second kappa shape index (κ2) is 7.82. The summed E-state index contributed by atoms with van der Waals surface area (Å²) in [5.41, 5.74) is 7.37. The molecule has 1 aliphatic rings. The van der Waals surface area contributed by atoms with Gasteiger partial charge in [0, 0.05) is 12.6 Å². The lowest BCUT2D eigenvalue weighted by Crippen LogP contribution is -2.51. The van der Waals surface area contributed by atoms with Gasteiger partial charge in [-0.3, -0.25) is 0 Å². The molecule has 1 atom stereocenters. The fourth-order valence-corrected chi connectivity index (χ4v) is 3.76. The molecule has 118 valence electrons. The van der Waals surface area contributed by atoms with Crippen LogP contribution in [0.1, 0.15) is 51.0 Å². The van der Waals surface area contributed by atoms with Crippen LogP contribution < -0.4 is 5.73 Å². The quantitative estimate of drug-likeness (QED) is 0.772. The van der Waals surface area contributed by atoms with Gasteiger partial charge in [0.05, 0.1) is 15.6 Å². The topological polar surface area (TPSA) is 35.2 Å². The SMILES string of the molecule is CCOC1(C(N)Cc2cccc(Cl)c2Cl)CCCCCC1. The average Bonchev–Trinajstić information content (AvgIpc) is 2.71. The highest BCUT2D eigenvalue weighted by Gasteiger charge is 2.38. The molecule has 4 heteroatoms. The Kier molecular flexibility index (Phi) is 6.36. The van der Waals surface area contributed by atoms with E-state index < -0.39 is 0 Å². The summed E-state index contributed by atoms with van der Waals surface area (Å²) >= 11 is 12.4. The van der Waals surface area contributed by atoms with Crippen LogP contribution in [-0.2, 0) is 11.2 Å². The van der Waals surface area contributed by atoms with Gasteiger partial charge in [-0.05, 0) is 37.8 Å². The third-order valence-corrected chi connectivity index (χ3v) is 5.39. The van der Waals surface area contributed by atoms with E-state index in [0.29, 0.717) is 23.1 Å². The van der Waals surface area contributed by atoms with E-state index in [0.717, 1.165) is 18.4 Å². The van der Waals surface area contributed by atoms with E-state index in [1.807, 2.05) is 25.1 Å². The highest BCUT2D eigenvalue weighted by molar-refractivity contribution is 6.42. The molecule has 2 rings (SSSR count). The maximum atomic E-state index is 6.56. The van der Waals surface area contributed by atoms with Crippen molar-refractivity contribution in [2.45, 2.75) is 63.5 Å². The first-order valence-electron chi connectivity index (χ1n) is 7.91. The number of halogens is 2. The Balaban J connectivity index is 2.18. The summed E-state index contributed by atoms with van der Waals surface area (Å²) in [6, 6.07) is 5.69. The Morgan fingerprint density at radius 2 is 1.86 bits per heavy atom. The van der Waals surface area contributed by atoms with Crippen LogP contribution in [0.2, 0.25) is 10.0 Å². The second-order valence-corrected chi connectivity index (χ2v) is 6.72. The Morgan fingerprint density at radius 3 is 2.48 bits per heavy atom.